The van der Waals surface area contributed by atoms with Crippen molar-refractivity contribution in [1.82, 2.24) is 4.72 Å². The van der Waals surface area contributed by atoms with Crippen LogP contribution in [0.3, 0.4) is 0 Å². The summed E-state index contributed by atoms with van der Waals surface area (Å²) in [5.74, 6) is 0. The Labute approximate surface area is 104 Å². The van der Waals surface area contributed by atoms with E-state index in [0.29, 0.717) is 0 Å². The topological polar surface area (TPSA) is 66.4 Å². The van der Waals surface area contributed by atoms with Gasteiger partial charge in [-0.05, 0) is 37.6 Å². The second kappa shape index (κ2) is 5.27. The predicted octanol–water partition coefficient (Wildman–Crippen LogP) is 1.42. The van der Waals surface area contributed by atoms with Crippen LogP contribution in [0.25, 0.3) is 0 Å². The fourth-order valence-corrected chi connectivity index (χ4v) is 2.55. The van der Waals surface area contributed by atoms with E-state index in [4.69, 9.17) is 5.11 Å². The van der Waals surface area contributed by atoms with E-state index in [1.165, 1.54) is 13.0 Å². The lowest BCUT2D eigenvalue weighted by molar-refractivity contribution is 0.198. The van der Waals surface area contributed by atoms with Crippen LogP contribution < -0.4 is 4.72 Å². The summed E-state index contributed by atoms with van der Waals surface area (Å²) in [5, 5.41) is 9.03. The first-order chi connectivity index (χ1) is 7.33. The number of sulfonamides is 1. The van der Waals surface area contributed by atoms with E-state index in [2.05, 4.69) is 20.7 Å². The minimum atomic E-state index is -3.53. The van der Waals surface area contributed by atoms with Crippen LogP contribution in [-0.4, -0.2) is 26.2 Å². The van der Waals surface area contributed by atoms with Crippen molar-refractivity contribution in [3.63, 3.8) is 0 Å². The number of rotatable bonds is 4. The summed E-state index contributed by atoms with van der Waals surface area (Å²) in [7, 11) is -3.53. The van der Waals surface area contributed by atoms with Crippen LogP contribution in [0.4, 0.5) is 0 Å². The molecule has 6 heteroatoms. The molecule has 0 aliphatic rings. The molecule has 90 valence electrons. The molecule has 4 nitrogen and oxygen atoms in total. The predicted molar refractivity (Wildman–Crippen MR) is 65.7 cm³/mol. The van der Waals surface area contributed by atoms with Crippen molar-refractivity contribution < 1.29 is 13.5 Å². The standard InChI is InChI=1S/C10H14BrNO3S/c1-7-5-9(3-4-10(7)11)16(14,15)12-6-8(2)13/h3-5,8,12-13H,6H2,1-2H3. The van der Waals surface area contributed by atoms with Crippen LogP contribution in [-0.2, 0) is 10.0 Å². The molecule has 16 heavy (non-hydrogen) atoms. The molecule has 1 atom stereocenters. The first-order valence-electron chi connectivity index (χ1n) is 4.77. The van der Waals surface area contributed by atoms with Crippen molar-refractivity contribution in [2.75, 3.05) is 6.54 Å². The molecule has 0 radical (unpaired) electrons. The number of aryl methyl sites for hydroxylation is 1. The van der Waals surface area contributed by atoms with Crippen molar-refractivity contribution in [3.8, 4) is 0 Å². The van der Waals surface area contributed by atoms with Gasteiger partial charge in [0, 0.05) is 11.0 Å². The highest BCUT2D eigenvalue weighted by Crippen LogP contribution is 2.19. The molecule has 1 rings (SSSR count). The van der Waals surface area contributed by atoms with Crippen molar-refractivity contribution >= 4 is 26.0 Å². The van der Waals surface area contributed by atoms with E-state index in [1.807, 2.05) is 6.92 Å². The summed E-state index contributed by atoms with van der Waals surface area (Å²) < 4.78 is 26.7. The second-order valence-corrected chi connectivity index (χ2v) is 6.23. The summed E-state index contributed by atoms with van der Waals surface area (Å²) in [5.41, 5.74) is 0.847. The van der Waals surface area contributed by atoms with Gasteiger partial charge in [0.1, 0.15) is 0 Å². The second-order valence-electron chi connectivity index (χ2n) is 3.61. The lowest BCUT2D eigenvalue weighted by Crippen LogP contribution is -2.30. The molecule has 0 heterocycles. The van der Waals surface area contributed by atoms with Gasteiger partial charge in [-0.3, -0.25) is 0 Å². The van der Waals surface area contributed by atoms with Crippen LogP contribution in [0.5, 0.6) is 0 Å². The van der Waals surface area contributed by atoms with Crippen LogP contribution in [0, 0.1) is 6.92 Å². The molecule has 0 saturated heterocycles. The number of benzene rings is 1. The molecule has 2 N–H and O–H groups in total. The zero-order valence-corrected chi connectivity index (χ0v) is 11.5. The molecule has 0 bridgehead atoms. The normalized spacial score (nSPS) is 13.8. The number of nitrogens with one attached hydrogen (secondary N) is 1. The van der Waals surface area contributed by atoms with Crippen molar-refractivity contribution in [2.45, 2.75) is 24.8 Å². The van der Waals surface area contributed by atoms with Gasteiger partial charge < -0.3 is 5.11 Å². The van der Waals surface area contributed by atoms with Crippen LogP contribution >= 0.6 is 15.9 Å². The summed E-state index contributed by atoms with van der Waals surface area (Å²) in [6, 6.07) is 4.78. The molecular weight excluding hydrogens is 294 g/mol. The molecule has 0 fully saturated rings. The van der Waals surface area contributed by atoms with Crippen LogP contribution in [0.2, 0.25) is 0 Å². The largest absolute Gasteiger partial charge is 0.392 e. The highest BCUT2D eigenvalue weighted by atomic mass is 79.9. The Balaban J connectivity index is 2.94. The third-order valence-electron chi connectivity index (χ3n) is 2.01. The van der Waals surface area contributed by atoms with E-state index < -0.39 is 16.1 Å². The number of aliphatic hydroxyl groups is 1. The average Bonchev–Trinajstić information content (AvgIpc) is 2.19. The number of aliphatic hydroxyl groups excluding tert-OH is 1. The van der Waals surface area contributed by atoms with Gasteiger partial charge in [0.15, 0.2) is 0 Å². The summed E-state index contributed by atoms with van der Waals surface area (Å²) in [6.07, 6.45) is -0.702. The maximum absolute atomic E-state index is 11.8. The van der Waals surface area contributed by atoms with Gasteiger partial charge in [-0.15, -0.1) is 0 Å². The Morgan fingerprint density at radius 1 is 1.50 bits per heavy atom. The maximum atomic E-state index is 11.8. The Kier molecular flexibility index (Phi) is 4.49. The lowest BCUT2D eigenvalue weighted by Gasteiger charge is -2.09. The van der Waals surface area contributed by atoms with E-state index in [0.717, 1.165) is 10.0 Å². The molecule has 1 aromatic carbocycles. The molecular formula is C10H14BrNO3S. The SMILES string of the molecule is Cc1cc(S(=O)(=O)NCC(C)O)ccc1Br. The molecule has 0 amide bonds. The highest BCUT2D eigenvalue weighted by molar-refractivity contribution is 9.10. The zero-order chi connectivity index (χ0) is 12.3. The van der Waals surface area contributed by atoms with Crippen molar-refractivity contribution in [2.24, 2.45) is 0 Å². The van der Waals surface area contributed by atoms with Crippen molar-refractivity contribution in [3.05, 3.63) is 28.2 Å². The Morgan fingerprint density at radius 2 is 2.12 bits per heavy atom. The maximum Gasteiger partial charge on any atom is 0.240 e. The van der Waals surface area contributed by atoms with Crippen LogP contribution in [0.1, 0.15) is 12.5 Å². The molecule has 0 saturated carbocycles. The number of hydrogen-bond acceptors (Lipinski definition) is 3. The highest BCUT2D eigenvalue weighted by Gasteiger charge is 2.14. The van der Waals surface area contributed by atoms with Gasteiger partial charge in [0.05, 0.1) is 11.0 Å². The van der Waals surface area contributed by atoms with Gasteiger partial charge >= 0.3 is 0 Å². The molecule has 0 aliphatic carbocycles. The fraction of sp³-hybridized carbons (Fsp3) is 0.400. The summed E-state index contributed by atoms with van der Waals surface area (Å²) >= 11 is 3.30. The van der Waals surface area contributed by atoms with E-state index in [-0.39, 0.29) is 11.4 Å². The molecule has 0 aromatic heterocycles. The third-order valence-corrected chi connectivity index (χ3v) is 4.32. The summed E-state index contributed by atoms with van der Waals surface area (Å²) in [6.45, 7) is 3.35. The van der Waals surface area contributed by atoms with E-state index >= 15 is 0 Å². The number of hydrogen-bond donors (Lipinski definition) is 2. The Bertz CT molecular complexity index is 471. The molecule has 1 aromatic rings. The fourth-order valence-electron chi connectivity index (χ4n) is 1.10. The van der Waals surface area contributed by atoms with E-state index in [9.17, 15) is 8.42 Å². The number of halogens is 1. The smallest absolute Gasteiger partial charge is 0.240 e. The summed E-state index contributed by atoms with van der Waals surface area (Å²) in [4.78, 5) is 0.203. The molecule has 0 spiro atoms. The van der Waals surface area contributed by atoms with Gasteiger partial charge in [0.25, 0.3) is 0 Å². The van der Waals surface area contributed by atoms with Crippen LogP contribution in [0.15, 0.2) is 27.6 Å². The quantitative estimate of drug-likeness (QED) is 0.884. The minimum Gasteiger partial charge on any atom is -0.392 e. The van der Waals surface area contributed by atoms with Gasteiger partial charge in [-0.2, -0.15) is 0 Å². The third kappa shape index (κ3) is 3.55. The monoisotopic (exact) mass is 307 g/mol. The first-order valence-corrected chi connectivity index (χ1v) is 7.04. The average molecular weight is 308 g/mol. The Morgan fingerprint density at radius 3 is 2.62 bits per heavy atom. The zero-order valence-electron chi connectivity index (χ0n) is 9.07. The molecule has 1 unspecified atom stereocenters. The lowest BCUT2D eigenvalue weighted by atomic mass is 10.2. The molecule has 0 aliphatic heterocycles. The first kappa shape index (κ1) is 13.6. The van der Waals surface area contributed by atoms with E-state index in [1.54, 1.807) is 12.1 Å². The van der Waals surface area contributed by atoms with Gasteiger partial charge in [-0.25, -0.2) is 13.1 Å². The van der Waals surface area contributed by atoms with Crippen molar-refractivity contribution in [1.29, 1.82) is 0 Å². The van der Waals surface area contributed by atoms with Gasteiger partial charge in [-0.1, -0.05) is 15.9 Å². The Hall–Kier alpha value is -0.430. The van der Waals surface area contributed by atoms with Gasteiger partial charge in [0.2, 0.25) is 10.0 Å². The minimum absolute atomic E-state index is 0.0114.